The molecule has 0 spiro atoms. The number of hydrogen-bond acceptors (Lipinski definition) is 3. The third-order valence-corrected chi connectivity index (χ3v) is 2.64. The lowest BCUT2D eigenvalue weighted by atomic mass is 9.75. The Morgan fingerprint density at radius 2 is 2.00 bits per heavy atom. The van der Waals surface area contributed by atoms with E-state index in [4.69, 9.17) is 14.6 Å². The maximum atomic E-state index is 13.4. The fourth-order valence-corrected chi connectivity index (χ4v) is 1.65. The molecule has 2 rings (SSSR count). The van der Waals surface area contributed by atoms with Gasteiger partial charge in [-0.05, 0) is 17.6 Å². The Labute approximate surface area is 100 Å². The van der Waals surface area contributed by atoms with E-state index in [-0.39, 0.29) is 11.0 Å². The molecule has 1 heterocycles. The molecule has 1 aliphatic heterocycles. The largest absolute Gasteiger partial charge is 0.494 e. The average molecular weight is 233 g/mol. The zero-order chi connectivity index (χ0) is 12.5. The van der Waals surface area contributed by atoms with Crippen LogP contribution in [0, 0.1) is 22.6 Å². The topological polar surface area (TPSA) is 42.2 Å². The Hall–Kier alpha value is -1.38. The zero-order valence-electron chi connectivity index (χ0n) is 9.87. The highest BCUT2D eigenvalue weighted by Crippen LogP contribution is 2.21. The molecule has 1 aromatic carbocycles. The van der Waals surface area contributed by atoms with Crippen LogP contribution in [0.25, 0.3) is 0 Å². The van der Waals surface area contributed by atoms with Crippen LogP contribution in [-0.4, -0.2) is 20.3 Å². The van der Waals surface area contributed by atoms with Crippen molar-refractivity contribution < 1.29 is 13.7 Å². The van der Waals surface area contributed by atoms with E-state index in [9.17, 15) is 4.39 Å². The molecular weight excluding hydrogens is 220 g/mol. The van der Waals surface area contributed by atoms with Gasteiger partial charge in [0, 0.05) is 18.6 Å². The Morgan fingerprint density at radius 1 is 1.35 bits per heavy atom. The third kappa shape index (κ3) is 2.66. The van der Waals surface area contributed by atoms with Crippen LogP contribution in [0.1, 0.15) is 19.4 Å². The van der Waals surface area contributed by atoms with Crippen molar-refractivity contribution in [1.82, 2.24) is 0 Å². The van der Waals surface area contributed by atoms with Gasteiger partial charge in [-0.2, -0.15) is 5.26 Å². The molecule has 0 bridgehead atoms. The van der Waals surface area contributed by atoms with Gasteiger partial charge in [0.05, 0.1) is 5.56 Å². The summed E-state index contributed by atoms with van der Waals surface area (Å²) in [5.74, 6) is -0.540. The van der Waals surface area contributed by atoms with Gasteiger partial charge >= 0.3 is 7.12 Å². The number of nitrogens with zero attached hydrogens (tertiary/aromatic N) is 1. The number of nitriles is 1. The van der Waals surface area contributed by atoms with Crippen LogP contribution in [-0.2, 0) is 9.31 Å². The molecule has 0 atom stereocenters. The second-order valence-corrected chi connectivity index (χ2v) is 4.97. The molecule has 0 aliphatic carbocycles. The minimum Gasteiger partial charge on any atom is -0.407 e. The van der Waals surface area contributed by atoms with E-state index in [0.717, 1.165) is 0 Å². The summed E-state index contributed by atoms with van der Waals surface area (Å²) in [6.07, 6.45) is 0. The molecular formula is C12H13BFNO2. The molecule has 17 heavy (non-hydrogen) atoms. The predicted octanol–water partition coefficient (Wildman–Crippen LogP) is 1.47. The standard InChI is InChI=1S/C12H13BFNO2/c1-12(2)7-16-13(17-8-12)10-4-3-9(6-15)11(14)5-10/h3-5H,7-8H2,1-2H3. The van der Waals surface area contributed by atoms with Gasteiger partial charge in [-0.1, -0.05) is 19.9 Å². The van der Waals surface area contributed by atoms with Crippen LogP contribution < -0.4 is 5.46 Å². The first-order chi connectivity index (χ1) is 8.02. The molecule has 5 heteroatoms. The van der Waals surface area contributed by atoms with Gasteiger partial charge < -0.3 is 9.31 Å². The smallest absolute Gasteiger partial charge is 0.407 e. The first-order valence-electron chi connectivity index (χ1n) is 5.45. The summed E-state index contributed by atoms with van der Waals surface area (Å²) in [5.41, 5.74) is 0.628. The van der Waals surface area contributed by atoms with E-state index in [1.54, 1.807) is 12.1 Å². The third-order valence-electron chi connectivity index (χ3n) is 2.64. The molecule has 3 nitrogen and oxygen atoms in total. The fourth-order valence-electron chi connectivity index (χ4n) is 1.65. The highest BCUT2D eigenvalue weighted by Gasteiger charge is 2.33. The second-order valence-electron chi connectivity index (χ2n) is 4.97. The fraction of sp³-hybridized carbons (Fsp3) is 0.417. The maximum absolute atomic E-state index is 13.4. The first kappa shape index (κ1) is 12.1. The van der Waals surface area contributed by atoms with Gasteiger partial charge in [0.25, 0.3) is 0 Å². The van der Waals surface area contributed by atoms with E-state index in [1.807, 2.05) is 13.8 Å². The Kier molecular flexibility index (Phi) is 3.18. The lowest BCUT2D eigenvalue weighted by Crippen LogP contribution is -2.47. The van der Waals surface area contributed by atoms with Crippen molar-refractivity contribution >= 4 is 12.6 Å². The lowest BCUT2D eigenvalue weighted by molar-refractivity contribution is 0.0343. The summed E-state index contributed by atoms with van der Waals surface area (Å²) in [4.78, 5) is 0. The van der Waals surface area contributed by atoms with Crippen LogP contribution in [0.2, 0.25) is 0 Å². The molecule has 1 fully saturated rings. The summed E-state index contributed by atoms with van der Waals surface area (Å²) in [5, 5.41) is 8.64. The van der Waals surface area contributed by atoms with Crippen LogP contribution in [0.4, 0.5) is 4.39 Å². The zero-order valence-corrected chi connectivity index (χ0v) is 9.87. The normalized spacial score (nSPS) is 18.8. The van der Waals surface area contributed by atoms with Crippen molar-refractivity contribution in [3.8, 4) is 6.07 Å². The first-order valence-corrected chi connectivity index (χ1v) is 5.45. The van der Waals surface area contributed by atoms with E-state index in [1.165, 1.54) is 12.1 Å². The van der Waals surface area contributed by atoms with E-state index in [0.29, 0.717) is 18.7 Å². The van der Waals surface area contributed by atoms with Crippen molar-refractivity contribution in [3.05, 3.63) is 29.6 Å². The summed E-state index contributed by atoms with van der Waals surface area (Å²) in [7, 11) is -0.537. The van der Waals surface area contributed by atoms with Crippen LogP contribution in [0.5, 0.6) is 0 Å². The van der Waals surface area contributed by atoms with E-state index in [2.05, 4.69) is 0 Å². The van der Waals surface area contributed by atoms with Gasteiger partial charge in [-0.15, -0.1) is 0 Å². The van der Waals surface area contributed by atoms with Crippen molar-refractivity contribution in [1.29, 1.82) is 5.26 Å². The molecule has 0 radical (unpaired) electrons. The van der Waals surface area contributed by atoms with Crippen molar-refractivity contribution in [2.75, 3.05) is 13.2 Å². The van der Waals surface area contributed by atoms with Gasteiger partial charge in [0.2, 0.25) is 0 Å². The molecule has 0 N–H and O–H groups in total. The van der Waals surface area contributed by atoms with E-state index >= 15 is 0 Å². The second kappa shape index (κ2) is 4.48. The van der Waals surface area contributed by atoms with Gasteiger partial charge in [0.1, 0.15) is 11.9 Å². The Bertz CT molecular complexity index is 460. The SMILES string of the molecule is CC1(C)COB(c2ccc(C#N)c(F)c2)OC1. The molecule has 0 amide bonds. The molecule has 1 saturated heterocycles. The summed E-state index contributed by atoms with van der Waals surface area (Å²) in [6.45, 7) is 5.23. The predicted molar refractivity (Wildman–Crippen MR) is 62.2 cm³/mol. The number of benzene rings is 1. The lowest BCUT2D eigenvalue weighted by Gasteiger charge is -2.33. The van der Waals surface area contributed by atoms with Gasteiger partial charge in [0.15, 0.2) is 0 Å². The summed E-state index contributed by atoms with van der Waals surface area (Å²) < 4.78 is 24.5. The quantitative estimate of drug-likeness (QED) is 0.689. The molecule has 1 aliphatic rings. The van der Waals surface area contributed by atoms with Crippen LogP contribution >= 0.6 is 0 Å². The number of hydrogen-bond donors (Lipinski definition) is 0. The summed E-state index contributed by atoms with van der Waals surface area (Å²) >= 11 is 0. The van der Waals surface area contributed by atoms with Crippen molar-refractivity contribution in [3.63, 3.8) is 0 Å². The van der Waals surface area contributed by atoms with Crippen molar-refractivity contribution in [2.45, 2.75) is 13.8 Å². The van der Waals surface area contributed by atoms with Crippen LogP contribution in [0.3, 0.4) is 0 Å². The molecule has 88 valence electrons. The maximum Gasteiger partial charge on any atom is 0.494 e. The minimum atomic E-state index is -0.540. The van der Waals surface area contributed by atoms with Gasteiger partial charge in [-0.3, -0.25) is 0 Å². The summed E-state index contributed by atoms with van der Waals surface area (Å²) in [6, 6.07) is 6.17. The highest BCUT2D eigenvalue weighted by atomic mass is 19.1. The van der Waals surface area contributed by atoms with Gasteiger partial charge in [-0.25, -0.2) is 4.39 Å². The van der Waals surface area contributed by atoms with Crippen LogP contribution in [0.15, 0.2) is 18.2 Å². The molecule has 1 aromatic rings. The van der Waals surface area contributed by atoms with Crippen molar-refractivity contribution in [2.24, 2.45) is 5.41 Å². The molecule has 0 unspecified atom stereocenters. The van der Waals surface area contributed by atoms with E-state index < -0.39 is 12.9 Å². The monoisotopic (exact) mass is 233 g/mol. The molecule has 0 saturated carbocycles. The average Bonchev–Trinajstić information content (AvgIpc) is 2.29. The highest BCUT2D eigenvalue weighted by molar-refractivity contribution is 6.61. The number of rotatable bonds is 1. The molecule has 0 aromatic heterocycles. The number of halogens is 1. The Morgan fingerprint density at radius 3 is 2.53 bits per heavy atom. The minimum absolute atomic E-state index is 0.0123. The Balaban J connectivity index is 2.14.